The summed E-state index contributed by atoms with van der Waals surface area (Å²) in [5.41, 5.74) is 1.68. The standard InChI is InChI=1S/C18H20O3/c1-4-15(18(19)13-8-6-5-7-9-13)14-10-11-16(20-2)17(12-14)21-3/h5-12,15H,4H2,1-3H3/t15-/m0/s1. The zero-order valence-electron chi connectivity index (χ0n) is 12.6. The van der Waals surface area contributed by atoms with E-state index in [0.29, 0.717) is 11.5 Å². The molecule has 0 saturated carbocycles. The number of hydrogen-bond donors (Lipinski definition) is 0. The molecule has 2 aromatic carbocycles. The summed E-state index contributed by atoms with van der Waals surface area (Å²) < 4.78 is 10.6. The van der Waals surface area contributed by atoms with Crippen molar-refractivity contribution in [2.75, 3.05) is 14.2 Å². The van der Waals surface area contributed by atoms with E-state index in [4.69, 9.17) is 9.47 Å². The normalized spacial score (nSPS) is 11.8. The summed E-state index contributed by atoms with van der Waals surface area (Å²) >= 11 is 0. The summed E-state index contributed by atoms with van der Waals surface area (Å²) in [7, 11) is 3.20. The van der Waals surface area contributed by atoms with Gasteiger partial charge in [0.25, 0.3) is 0 Å². The van der Waals surface area contributed by atoms with Crippen LogP contribution in [0.5, 0.6) is 11.5 Å². The first kappa shape index (κ1) is 15.1. The minimum absolute atomic E-state index is 0.130. The van der Waals surface area contributed by atoms with Crippen molar-refractivity contribution in [3.8, 4) is 11.5 Å². The van der Waals surface area contributed by atoms with E-state index in [9.17, 15) is 4.79 Å². The van der Waals surface area contributed by atoms with Crippen LogP contribution in [0.25, 0.3) is 0 Å². The van der Waals surface area contributed by atoms with Crippen LogP contribution >= 0.6 is 0 Å². The van der Waals surface area contributed by atoms with Crippen LogP contribution < -0.4 is 9.47 Å². The topological polar surface area (TPSA) is 35.5 Å². The molecule has 3 heteroatoms. The molecule has 0 saturated heterocycles. The highest BCUT2D eigenvalue weighted by Crippen LogP contribution is 2.33. The van der Waals surface area contributed by atoms with Crippen molar-refractivity contribution >= 4 is 5.78 Å². The highest BCUT2D eigenvalue weighted by Gasteiger charge is 2.21. The second kappa shape index (κ2) is 6.93. The lowest BCUT2D eigenvalue weighted by atomic mass is 9.88. The Labute approximate surface area is 125 Å². The number of rotatable bonds is 6. The molecule has 0 aromatic heterocycles. The Kier molecular flexibility index (Phi) is 4.99. The largest absolute Gasteiger partial charge is 0.493 e. The molecule has 0 fully saturated rings. The third kappa shape index (κ3) is 3.24. The molecule has 0 aliphatic heterocycles. The van der Waals surface area contributed by atoms with E-state index in [1.54, 1.807) is 14.2 Å². The first-order valence-electron chi connectivity index (χ1n) is 7.02. The van der Waals surface area contributed by atoms with E-state index >= 15 is 0 Å². The minimum Gasteiger partial charge on any atom is -0.493 e. The Morgan fingerprint density at radius 3 is 2.24 bits per heavy atom. The van der Waals surface area contributed by atoms with Gasteiger partial charge in [-0.3, -0.25) is 4.79 Å². The maximum atomic E-state index is 12.7. The summed E-state index contributed by atoms with van der Waals surface area (Å²) in [6, 6.07) is 15.0. The van der Waals surface area contributed by atoms with Gasteiger partial charge < -0.3 is 9.47 Å². The third-order valence-corrected chi connectivity index (χ3v) is 3.59. The lowest BCUT2D eigenvalue weighted by Gasteiger charge is -2.16. The first-order valence-corrected chi connectivity index (χ1v) is 7.02. The lowest BCUT2D eigenvalue weighted by molar-refractivity contribution is 0.0957. The molecule has 0 spiro atoms. The molecule has 0 unspecified atom stereocenters. The summed E-state index contributed by atoms with van der Waals surface area (Å²) in [5.74, 6) is 1.27. The van der Waals surface area contributed by atoms with Gasteiger partial charge in [-0.05, 0) is 24.1 Å². The predicted octanol–water partition coefficient (Wildman–Crippen LogP) is 4.08. The Bertz CT molecular complexity index is 605. The van der Waals surface area contributed by atoms with Gasteiger partial charge >= 0.3 is 0 Å². The lowest BCUT2D eigenvalue weighted by Crippen LogP contribution is -2.12. The van der Waals surface area contributed by atoms with Crippen LogP contribution in [0.4, 0.5) is 0 Å². The van der Waals surface area contributed by atoms with Crippen molar-refractivity contribution in [3.05, 3.63) is 59.7 Å². The molecule has 0 amide bonds. The number of carbonyl (C=O) groups excluding carboxylic acids is 1. The average Bonchev–Trinajstić information content (AvgIpc) is 2.56. The molecule has 3 nitrogen and oxygen atoms in total. The van der Waals surface area contributed by atoms with Gasteiger partial charge in [-0.15, -0.1) is 0 Å². The number of ether oxygens (including phenoxy) is 2. The molecule has 0 aliphatic carbocycles. The average molecular weight is 284 g/mol. The van der Waals surface area contributed by atoms with Crippen molar-refractivity contribution in [2.45, 2.75) is 19.3 Å². The van der Waals surface area contributed by atoms with Crippen LogP contribution in [0.15, 0.2) is 48.5 Å². The number of methoxy groups -OCH3 is 2. The Balaban J connectivity index is 2.35. The maximum absolute atomic E-state index is 12.7. The highest BCUT2D eigenvalue weighted by atomic mass is 16.5. The number of carbonyl (C=O) groups is 1. The van der Waals surface area contributed by atoms with Crippen molar-refractivity contribution in [2.24, 2.45) is 0 Å². The van der Waals surface area contributed by atoms with E-state index in [1.165, 1.54) is 0 Å². The Morgan fingerprint density at radius 1 is 1.00 bits per heavy atom. The fourth-order valence-electron chi connectivity index (χ4n) is 2.45. The van der Waals surface area contributed by atoms with Gasteiger partial charge in [-0.1, -0.05) is 43.3 Å². The summed E-state index contributed by atoms with van der Waals surface area (Å²) in [6.45, 7) is 2.02. The molecule has 0 heterocycles. The minimum atomic E-state index is -0.174. The van der Waals surface area contributed by atoms with Crippen LogP contribution in [0.2, 0.25) is 0 Å². The number of benzene rings is 2. The van der Waals surface area contributed by atoms with Gasteiger partial charge in [0.05, 0.1) is 14.2 Å². The van der Waals surface area contributed by atoms with Crippen LogP contribution in [-0.2, 0) is 0 Å². The van der Waals surface area contributed by atoms with E-state index in [1.807, 2.05) is 55.5 Å². The van der Waals surface area contributed by atoms with E-state index in [0.717, 1.165) is 17.5 Å². The predicted molar refractivity (Wildman–Crippen MR) is 83.4 cm³/mol. The zero-order valence-corrected chi connectivity index (χ0v) is 12.6. The summed E-state index contributed by atoms with van der Waals surface area (Å²) in [5, 5.41) is 0. The number of ketones is 1. The quantitative estimate of drug-likeness (QED) is 0.750. The fourth-order valence-corrected chi connectivity index (χ4v) is 2.45. The van der Waals surface area contributed by atoms with Crippen molar-refractivity contribution in [3.63, 3.8) is 0 Å². The molecule has 110 valence electrons. The van der Waals surface area contributed by atoms with Gasteiger partial charge in [0, 0.05) is 11.5 Å². The molecule has 0 radical (unpaired) electrons. The second-order valence-electron chi connectivity index (χ2n) is 4.81. The van der Waals surface area contributed by atoms with Crippen molar-refractivity contribution < 1.29 is 14.3 Å². The molecule has 2 aromatic rings. The fraction of sp³-hybridized carbons (Fsp3) is 0.278. The van der Waals surface area contributed by atoms with Crippen molar-refractivity contribution in [1.82, 2.24) is 0 Å². The SMILES string of the molecule is CC[C@H](C(=O)c1ccccc1)c1ccc(OC)c(OC)c1. The Morgan fingerprint density at radius 2 is 1.67 bits per heavy atom. The monoisotopic (exact) mass is 284 g/mol. The smallest absolute Gasteiger partial charge is 0.170 e. The molecule has 0 N–H and O–H groups in total. The molecule has 21 heavy (non-hydrogen) atoms. The first-order chi connectivity index (χ1) is 10.2. The van der Waals surface area contributed by atoms with E-state index in [2.05, 4.69) is 0 Å². The van der Waals surface area contributed by atoms with Gasteiger partial charge in [-0.2, -0.15) is 0 Å². The molecule has 2 rings (SSSR count). The Hall–Kier alpha value is -2.29. The van der Waals surface area contributed by atoms with Gasteiger partial charge in [0.15, 0.2) is 17.3 Å². The number of hydrogen-bond acceptors (Lipinski definition) is 3. The van der Waals surface area contributed by atoms with E-state index in [-0.39, 0.29) is 11.7 Å². The maximum Gasteiger partial charge on any atom is 0.170 e. The highest BCUT2D eigenvalue weighted by molar-refractivity contribution is 6.01. The summed E-state index contributed by atoms with van der Waals surface area (Å²) in [4.78, 5) is 12.7. The molecular formula is C18H20O3. The third-order valence-electron chi connectivity index (χ3n) is 3.59. The van der Waals surface area contributed by atoms with Crippen LogP contribution in [0, 0.1) is 0 Å². The van der Waals surface area contributed by atoms with E-state index < -0.39 is 0 Å². The molecule has 0 aliphatic rings. The zero-order chi connectivity index (χ0) is 15.2. The molecule has 0 bridgehead atoms. The van der Waals surface area contributed by atoms with Crippen LogP contribution in [0.1, 0.15) is 35.2 Å². The van der Waals surface area contributed by atoms with Crippen LogP contribution in [0.3, 0.4) is 0 Å². The molecule has 1 atom stereocenters. The molecular weight excluding hydrogens is 264 g/mol. The second-order valence-corrected chi connectivity index (χ2v) is 4.81. The van der Waals surface area contributed by atoms with Crippen LogP contribution in [-0.4, -0.2) is 20.0 Å². The van der Waals surface area contributed by atoms with Gasteiger partial charge in [0.2, 0.25) is 0 Å². The van der Waals surface area contributed by atoms with Gasteiger partial charge in [-0.25, -0.2) is 0 Å². The van der Waals surface area contributed by atoms with Gasteiger partial charge in [0.1, 0.15) is 0 Å². The number of Topliss-reactive ketones (excluding diaryl/α,β-unsaturated/α-hetero) is 1. The summed E-state index contributed by atoms with van der Waals surface area (Å²) in [6.07, 6.45) is 0.739. The van der Waals surface area contributed by atoms with Crippen molar-refractivity contribution in [1.29, 1.82) is 0 Å².